The van der Waals surface area contributed by atoms with Crippen LogP contribution in [0.25, 0.3) is 6.08 Å². The number of nitrogen functional groups attached to an aromatic ring is 1. The van der Waals surface area contributed by atoms with E-state index in [1.54, 1.807) is 12.3 Å². The second-order valence-corrected chi connectivity index (χ2v) is 2.48. The monoisotopic (exact) mass is 182 g/mol. The molecule has 0 aromatic carbocycles. The fourth-order valence-corrected chi connectivity index (χ4v) is 1.02. The van der Waals surface area contributed by atoms with Gasteiger partial charge in [0, 0.05) is 6.21 Å². The fourth-order valence-electron chi connectivity index (χ4n) is 0.818. The summed E-state index contributed by atoms with van der Waals surface area (Å²) >= 11 is 4.09. The minimum absolute atomic E-state index is 0.314. The Bertz CT molecular complexity index is 326. The molecule has 64 valence electrons. The molecule has 0 radical (unpaired) electrons. The third kappa shape index (κ3) is 1.35. The number of aliphatic imine (C=N–C) groups is 1. The van der Waals surface area contributed by atoms with Crippen molar-refractivity contribution < 1.29 is 0 Å². The summed E-state index contributed by atoms with van der Waals surface area (Å²) in [5, 5.41) is 0. The van der Waals surface area contributed by atoms with Crippen molar-refractivity contribution in [3.63, 3.8) is 0 Å². The highest BCUT2D eigenvalue weighted by Crippen LogP contribution is 2.24. The molecule has 0 amide bonds. The van der Waals surface area contributed by atoms with Crippen molar-refractivity contribution in [1.82, 2.24) is 8.96 Å². The smallest absolute Gasteiger partial charge is 0.212 e. The van der Waals surface area contributed by atoms with E-state index in [0.717, 1.165) is 0 Å². The van der Waals surface area contributed by atoms with Crippen LogP contribution in [-0.4, -0.2) is 15.2 Å². The topological polar surface area (TPSA) is 56.2 Å². The Labute approximate surface area is 76.4 Å². The highest BCUT2D eigenvalue weighted by molar-refractivity contribution is 7.78. The Kier molecular flexibility index (Phi) is 2.54. The lowest BCUT2D eigenvalue weighted by atomic mass is 10.4. The van der Waals surface area contributed by atoms with Crippen LogP contribution < -0.4 is 5.73 Å². The Hall–Kier alpha value is -1.23. The average Bonchev–Trinajstić information content (AvgIpc) is 2.33. The molecule has 2 N–H and O–H groups in total. The van der Waals surface area contributed by atoms with Crippen molar-refractivity contribution in [3.8, 4) is 0 Å². The highest BCUT2D eigenvalue weighted by Gasteiger charge is 2.08. The first-order valence-electron chi connectivity index (χ1n) is 3.39. The number of hydrogen-bond donors (Lipinski definition) is 2. The van der Waals surface area contributed by atoms with E-state index >= 15 is 0 Å². The van der Waals surface area contributed by atoms with E-state index in [1.165, 1.54) is 3.97 Å². The molecule has 4 nitrogen and oxygen atoms in total. The first-order valence-corrected chi connectivity index (χ1v) is 3.79. The first-order chi connectivity index (χ1) is 5.70. The number of imidazole rings is 1. The van der Waals surface area contributed by atoms with Gasteiger partial charge in [0.2, 0.25) is 5.95 Å². The number of rotatable bonds is 2. The van der Waals surface area contributed by atoms with Crippen molar-refractivity contribution in [2.45, 2.75) is 6.92 Å². The third-order valence-corrected chi connectivity index (χ3v) is 1.72. The first kappa shape index (κ1) is 8.86. The molecule has 1 rings (SSSR count). The molecule has 0 atom stereocenters. The molecule has 0 bridgehead atoms. The Morgan fingerprint density at radius 2 is 2.42 bits per heavy atom. The van der Waals surface area contributed by atoms with Gasteiger partial charge in [-0.25, -0.2) is 13.9 Å². The maximum absolute atomic E-state index is 5.50. The summed E-state index contributed by atoms with van der Waals surface area (Å²) in [5.74, 6) is 0.919. The van der Waals surface area contributed by atoms with E-state index in [2.05, 4.69) is 29.4 Å². The summed E-state index contributed by atoms with van der Waals surface area (Å²) < 4.78 is 1.41. The van der Waals surface area contributed by atoms with Crippen LogP contribution in [0.1, 0.15) is 12.6 Å². The van der Waals surface area contributed by atoms with E-state index < -0.39 is 0 Å². The number of nitrogens with zero attached hydrogens (tertiary/aromatic N) is 3. The van der Waals surface area contributed by atoms with Crippen molar-refractivity contribution in [2.75, 3.05) is 5.73 Å². The normalized spacial score (nSPS) is 10.8. The van der Waals surface area contributed by atoms with Crippen molar-refractivity contribution in [2.24, 2.45) is 4.99 Å². The zero-order chi connectivity index (χ0) is 9.14. The van der Waals surface area contributed by atoms with Gasteiger partial charge in [0.25, 0.3) is 0 Å². The predicted octanol–water partition coefficient (Wildman–Crippen LogP) is 1.52. The van der Waals surface area contributed by atoms with Gasteiger partial charge >= 0.3 is 0 Å². The van der Waals surface area contributed by atoms with E-state index in [9.17, 15) is 0 Å². The lowest BCUT2D eigenvalue weighted by Gasteiger charge is -1.94. The third-order valence-electron chi connectivity index (χ3n) is 1.33. The maximum Gasteiger partial charge on any atom is 0.212 e. The number of anilines is 1. The Morgan fingerprint density at radius 1 is 1.75 bits per heavy atom. The van der Waals surface area contributed by atoms with Gasteiger partial charge in [0.15, 0.2) is 5.82 Å². The second-order valence-electron chi connectivity index (χ2n) is 2.08. The van der Waals surface area contributed by atoms with Crippen LogP contribution in [0.2, 0.25) is 0 Å². The van der Waals surface area contributed by atoms with Crippen molar-refractivity contribution >= 4 is 36.9 Å². The molecular weight excluding hydrogens is 172 g/mol. The zero-order valence-corrected chi connectivity index (χ0v) is 7.62. The average molecular weight is 182 g/mol. The summed E-state index contributed by atoms with van der Waals surface area (Å²) in [6.07, 6.45) is 3.24. The van der Waals surface area contributed by atoms with Crippen LogP contribution in [0.3, 0.4) is 0 Å². The zero-order valence-electron chi connectivity index (χ0n) is 6.73. The molecule has 12 heavy (non-hydrogen) atoms. The maximum atomic E-state index is 5.50. The molecule has 1 aromatic rings. The quantitative estimate of drug-likeness (QED) is 0.538. The molecule has 1 heterocycles. The predicted molar refractivity (Wildman–Crippen MR) is 54.9 cm³/mol. The fraction of sp³-hybridized carbons (Fsp3) is 0.143. The molecular formula is C7H10N4S. The minimum atomic E-state index is 0.314. The molecule has 0 aliphatic rings. The molecule has 5 heteroatoms. The molecule has 0 aliphatic carbocycles. The SMILES string of the molecule is C=Cc1nc(N)n(S)c1/N=C\C. The van der Waals surface area contributed by atoms with E-state index in [4.69, 9.17) is 5.73 Å². The van der Waals surface area contributed by atoms with Crippen LogP contribution in [0, 0.1) is 0 Å². The molecule has 0 saturated heterocycles. The van der Waals surface area contributed by atoms with Gasteiger partial charge in [0.05, 0.1) is 0 Å². The van der Waals surface area contributed by atoms with Crippen molar-refractivity contribution in [3.05, 3.63) is 12.3 Å². The van der Waals surface area contributed by atoms with E-state index in [1.807, 2.05) is 6.92 Å². The second kappa shape index (κ2) is 3.44. The van der Waals surface area contributed by atoms with Gasteiger partial charge in [0.1, 0.15) is 5.69 Å². The van der Waals surface area contributed by atoms with E-state index in [-0.39, 0.29) is 0 Å². The van der Waals surface area contributed by atoms with Gasteiger partial charge in [-0.1, -0.05) is 19.4 Å². The summed E-state index contributed by atoms with van der Waals surface area (Å²) in [6, 6.07) is 0. The van der Waals surface area contributed by atoms with Gasteiger partial charge in [-0.05, 0) is 13.0 Å². The van der Waals surface area contributed by atoms with Crippen LogP contribution >= 0.6 is 12.8 Å². The lowest BCUT2D eigenvalue weighted by Crippen LogP contribution is -1.91. The summed E-state index contributed by atoms with van der Waals surface area (Å²) in [4.78, 5) is 8.03. The molecule has 0 unspecified atom stereocenters. The largest absolute Gasteiger partial charge is 0.368 e. The van der Waals surface area contributed by atoms with E-state index in [0.29, 0.717) is 17.5 Å². The lowest BCUT2D eigenvalue weighted by molar-refractivity contribution is 1.24. The van der Waals surface area contributed by atoms with Gasteiger partial charge in [-0.2, -0.15) is 0 Å². The summed E-state index contributed by atoms with van der Waals surface area (Å²) in [6.45, 7) is 5.40. The molecule has 0 spiro atoms. The molecule has 0 aliphatic heterocycles. The van der Waals surface area contributed by atoms with Gasteiger partial charge in [-0.15, -0.1) is 0 Å². The van der Waals surface area contributed by atoms with Crippen LogP contribution in [-0.2, 0) is 0 Å². The number of thiol groups is 1. The number of hydrogen-bond acceptors (Lipinski definition) is 4. The summed E-state index contributed by atoms with van der Waals surface area (Å²) in [5.41, 5.74) is 6.14. The molecule has 0 saturated carbocycles. The standard InChI is InChI=1S/C7H10N4S/c1-3-5-6(9-4-2)11(12)7(8)10-5/h3-4,12H,1H2,2H3,(H2,8,10)/b9-4-. The number of aromatic nitrogens is 2. The molecule has 0 fully saturated rings. The van der Waals surface area contributed by atoms with Crippen LogP contribution in [0.5, 0.6) is 0 Å². The highest BCUT2D eigenvalue weighted by atomic mass is 32.1. The Balaban J connectivity index is 3.30. The minimum Gasteiger partial charge on any atom is -0.368 e. The Morgan fingerprint density at radius 3 is 2.92 bits per heavy atom. The van der Waals surface area contributed by atoms with Crippen LogP contribution in [0.15, 0.2) is 11.6 Å². The van der Waals surface area contributed by atoms with Gasteiger partial charge in [-0.3, -0.25) is 0 Å². The summed E-state index contributed by atoms with van der Waals surface area (Å²) in [7, 11) is 0. The van der Waals surface area contributed by atoms with Gasteiger partial charge < -0.3 is 5.73 Å². The number of nitrogens with two attached hydrogens (primary N) is 1. The van der Waals surface area contributed by atoms with Crippen LogP contribution in [0.4, 0.5) is 11.8 Å². The van der Waals surface area contributed by atoms with Crippen molar-refractivity contribution in [1.29, 1.82) is 0 Å². The molecule has 1 aromatic heterocycles.